The third kappa shape index (κ3) is 68.4. The highest BCUT2D eigenvalue weighted by atomic mass is 31.2. The molecule has 0 bridgehead atoms. The Hall–Kier alpha value is -1.94. The van der Waals surface area contributed by atoms with Gasteiger partial charge in [-0.3, -0.25) is 37.3 Å². The van der Waals surface area contributed by atoms with Gasteiger partial charge in [0.1, 0.15) is 19.3 Å². The number of ether oxygens (including phenoxy) is 4. The zero-order valence-electron chi connectivity index (χ0n) is 60.9. The number of carbonyl (C=O) groups is 4. The van der Waals surface area contributed by atoms with Crippen molar-refractivity contribution in [2.45, 2.75) is 388 Å². The summed E-state index contributed by atoms with van der Waals surface area (Å²) < 4.78 is 68.4. The van der Waals surface area contributed by atoms with Crippen LogP contribution >= 0.6 is 15.6 Å². The van der Waals surface area contributed by atoms with Gasteiger partial charge in [-0.05, 0) is 49.4 Å². The third-order valence-electron chi connectivity index (χ3n) is 17.1. The van der Waals surface area contributed by atoms with Gasteiger partial charge in [-0.1, -0.05) is 319 Å². The number of phosphoric ester groups is 2. The number of carbonyl (C=O) groups excluding carboxylic acids is 4. The maximum absolute atomic E-state index is 13.1. The van der Waals surface area contributed by atoms with Gasteiger partial charge in [-0.2, -0.15) is 0 Å². The van der Waals surface area contributed by atoms with E-state index >= 15 is 0 Å². The van der Waals surface area contributed by atoms with E-state index < -0.39 is 97.5 Å². The Balaban J connectivity index is 5.22. The minimum Gasteiger partial charge on any atom is -0.462 e. The molecule has 0 radical (unpaired) electrons. The lowest BCUT2D eigenvalue weighted by Gasteiger charge is -2.21. The zero-order valence-corrected chi connectivity index (χ0v) is 62.7. The van der Waals surface area contributed by atoms with Crippen molar-refractivity contribution in [3.63, 3.8) is 0 Å². The van der Waals surface area contributed by atoms with Gasteiger partial charge in [0.15, 0.2) is 12.2 Å². The van der Waals surface area contributed by atoms with Crippen molar-refractivity contribution in [1.82, 2.24) is 0 Å². The molecule has 3 N–H and O–H groups in total. The summed E-state index contributed by atoms with van der Waals surface area (Å²) in [7, 11) is -9.91. The quantitative estimate of drug-likeness (QED) is 0.0222. The van der Waals surface area contributed by atoms with Crippen LogP contribution in [0.1, 0.15) is 370 Å². The first kappa shape index (κ1) is 91.1. The van der Waals surface area contributed by atoms with Crippen LogP contribution in [-0.2, 0) is 65.4 Å². The number of rotatable bonds is 71. The summed E-state index contributed by atoms with van der Waals surface area (Å²) in [5.74, 6) is 0.840. The van der Waals surface area contributed by atoms with Crippen LogP contribution in [0.4, 0.5) is 0 Å². The average Bonchev–Trinajstić information content (AvgIpc) is 2.94. The van der Waals surface area contributed by atoms with Crippen LogP contribution in [0.25, 0.3) is 0 Å². The molecule has 3 unspecified atom stereocenters. The van der Waals surface area contributed by atoms with Crippen LogP contribution in [-0.4, -0.2) is 96.7 Å². The van der Waals surface area contributed by atoms with Gasteiger partial charge in [0.2, 0.25) is 0 Å². The first-order valence-corrected chi connectivity index (χ1v) is 41.2. The Kier molecular flexibility index (Phi) is 62.2. The molecule has 0 aliphatic carbocycles. The molecule has 0 aromatic rings. The molecule has 0 spiro atoms. The maximum atomic E-state index is 13.1. The standard InChI is InChI=1S/C74H144O17P2/c1-64(2)50-42-34-26-21-17-13-10-9-11-15-20-24-30-40-48-56-73(78)90-69(60-84-71(76)54-46-38-29-23-19-16-12-14-18-22-27-35-43-51-65(3)4)62-88-92(80,81)86-58-68(75)59-87-93(82,83)89-63-70(91-74(79)57-49-41-33-32-37-45-53-67(7)8)61-85-72(77)55-47-39-31-25-28-36-44-52-66(5)6/h64-70,75H,9-63H2,1-8H3,(H,80,81)(H,82,83)/t68?,69-,70-/m1/s1. The first-order valence-electron chi connectivity index (χ1n) is 38.2. The molecule has 0 aliphatic rings. The predicted molar refractivity (Wildman–Crippen MR) is 377 cm³/mol. The predicted octanol–water partition coefficient (Wildman–Crippen LogP) is 21.3. The van der Waals surface area contributed by atoms with Gasteiger partial charge in [0.05, 0.1) is 26.4 Å². The van der Waals surface area contributed by atoms with E-state index in [1.807, 2.05) is 0 Å². The van der Waals surface area contributed by atoms with Gasteiger partial charge >= 0.3 is 39.5 Å². The van der Waals surface area contributed by atoms with E-state index in [0.29, 0.717) is 37.5 Å². The van der Waals surface area contributed by atoms with E-state index in [0.717, 1.165) is 108 Å². The van der Waals surface area contributed by atoms with Crippen molar-refractivity contribution in [3.05, 3.63) is 0 Å². The van der Waals surface area contributed by atoms with Crippen molar-refractivity contribution in [2.24, 2.45) is 23.7 Å². The van der Waals surface area contributed by atoms with Crippen molar-refractivity contribution in [1.29, 1.82) is 0 Å². The summed E-state index contributed by atoms with van der Waals surface area (Å²) in [5, 5.41) is 10.6. The highest BCUT2D eigenvalue weighted by Crippen LogP contribution is 2.45. The van der Waals surface area contributed by atoms with E-state index in [4.69, 9.17) is 37.0 Å². The summed E-state index contributed by atoms with van der Waals surface area (Å²) >= 11 is 0. The van der Waals surface area contributed by atoms with E-state index in [1.165, 1.54) is 167 Å². The molecule has 0 rings (SSSR count). The first-order chi connectivity index (χ1) is 44.6. The molecule has 0 amide bonds. The van der Waals surface area contributed by atoms with Crippen LogP contribution in [0.2, 0.25) is 0 Å². The average molecular weight is 1370 g/mol. The molecule has 17 nitrogen and oxygen atoms in total. The topological polar surface area (TPSA) is 237 Å². The summed E-state index contributed by atoms with van der Waals surface area (Å²) in [6.45, 7) is 14.1. The second kappa shape index (κ2) is 63.5. The zero-order chi connectivity index (χ0) is 68.9. The second-order valence-corrected chi connectivity index (χ2v) is 31.5. The van der Waals surface area contributed by atoms with Gasteiger partial charge < -0.3 is 33.8 Å². The molecule has 0 aromatic carbocycles. The Morgan fingerprint density at radius 2 is 0.452 bits per heavy atom. The SMILES string of the molecule is CC(C)CCCCCCCCCCCCCCCCCC(=O)O[C@H](COC(=O)CCCCCCCCCCCCCCCC(C)C)COP(=O)(O)OCC(O)COP(=O)(O)OC[C@@H](COC(=O)CCCCCCCCCC(C)C)OC(=O)CCCCCCCCC(C)C. The molecule has 93 heavy (non-hydrogen) atoms. The summed E-state index contributed by atoms with van der Waals surface area (Å²) in [6, 6.07) is 0. The van der Waals surface area contributed by atoms with Gasteiger partial charge in [-0.15, -0.1) is 0 Å². The lowest BCUT2D eigenvalue weighted by molar-refractivity contribution is -0.161. The number of esters is 4. The van der Waals surface area contributed by atoms with Crippen molar-refractivity contribution in [3.8, 4) is 0 Å². The number of aliphatic hydroxyl groups is 1. The monoisotopic (exact) mass is 1370 g/mol. The lowest BCUT2D eigenvalue weighted by atomic mass is 10.0. The van der Waals surface area contributed by atoms with Crippen molar-refractivity contribution < 1.29 is 80.2 Å². The second-order valence-electron chi connectivity index (χ2n) is 28.6. The van der Waals surface area contributed by atoms with Gasteiger partial charge in [0.25, 0.3) is 0 Å². The number of aliphatic hydroxyl groups excluding tert-OH is 1. The molecular formula is C74H144O17P2. The highest BCUT2D eigenvalue weighted by Gasteiger charge is 2.30. The number of phosphoric acid groups is 2. The smallest absolute Gasteiger partial charge is 0.462 e. The van der Waals surface area contributed by atoms with Crippen LogP contribution in [0.5, 0.6) is 0 Å². The molecule has 0 heterocycles. The molecule has 552 valence electrons. The largest absolute Gasteiger partial charge is 0.472 e. The Morgan fingerprint density at radius 3 is 0.667 bits per heavy atom. The fourth-order valence-corrected chi connectivity index (χ4v) is 12.8. The van der Waals surface area contributed by atoms with E-state index in [2.05, 4.69) is 55.4 Å². The van der Waals surface area contributed by atoms with Crippen LogP contribution in [0.3, 0.4) is 0 Å². The van der Waals surface area contributed by atoms with Crippen molar-refractivity contribution in [2.75, 3.05) is 39.6 Å². The van der Waals surface area contributed by atoms with E-state index in [9.17, 15) is 43.2 Å². The molecular weight excluding hydrogens is 1220 g/mol. The number of hydrogen-bond acceptors (Lipinski definition) is 15. The fourth-order valence-electron chi connectivity index (χ4n) is 11.2. The number of hydrogen-bond donors (Lipinski definition) is 3. The lowest BCUT2D eigenvalue weighted by Crippen LogP contribution is -2.30. The number of unbranched alkanes of at least 4 members (excludes halogenated alkanes) is 37. The van der Waals surface area contributed by atoms with Crippen LogP contribution in [0.15, 0.2) is 0 Å². The molecule has 0 saturated carbocycles. The minimum absolute atomic E-state index is 0.101. The molecule has 0 saturated heterocycles. The van der Waals surface area contributed by atoms with E-state index in [-0.39, 0.29) is 25.7 Å². The maximum Gasteiger partial charge on any atom is 0.472 e. The minimum atomic E-state index is -4.96. The Labute approximate surface area is 568 Å². The molecule has 5 atom stereocenters. The fraction of sp³-hybridized carbons (Fsp3) is 0.946. The molecule has 0 aromatic heterocycles. The Morgan fingerprint density at radius 1 is 0.269 bits per heavy atom. The van der Waals surface area contributed by atoms with E-state index in [1.54, 1.807) is 0 Å². The van der Waals surface area contributed by atoms with Gasteiger partial charge in [-0.25, -0.2) is 9.13 Å². The summed E-state index contributed by atoms with van der Waals surface area (Å²) in [4.78, 5) is 72.6. The van der Waals surface area contributed by atoms with Gasteiger partial charge in [0, 0.05) is 25.7 Å². The Bertz CT molecular complexity index is 1830. The highest BCUT2D eigenvalue weighted by molar-refractivity contribution is 7.47. The normalized spacial score (nSPS) is 14.2. The summed E-state index contributed by atoms with van der Waals surface area (Å²) in [5.41, 5.74) is 0. The van der Waals surface area contributed by atoms with Crippen molar-refractivity contribution >= 4 is 39.5 Å². The summed E-state index contributed by atoms with van der Waals surface area (Å²) in [6.07, 6.45) is 47.5. The molecule has 0 fully saturated rings. The van der Waals surface area contributed by atoms with Crippen LogP contribution < -0.4 is 0 Å². The molecule has 0 aliphatic heterocycles. The molecule has 19 heteroatoms. The van der Waals surface area contributed by atoms with Crippen LogP contribution in [0, 0.1) is 23.7 Å². The third-order valence-corrected chi connectivity index (χ3v) is 19.0.